The molecule has 2 aromatic carbocycles. The summed E-state index contributed by atoms with van der Waals surface area (Å²) in [6.45, 7) is 2.13. The number of hydrogen-bond acceptors (Lipinski definition) is 7. The van der Waals surface area contributed by atoms with Crippen LogP contribution in [0.15, 0.2) is 60.9 Å². The molecule has 2 aliphatic heterocycles. The second kappa shape index (κ2) is 12.1. The van der Waals surface area contributed by atoms with Gasteiger partial charge in [-0.3, -0.25) is 14.6 Å². The lowest BCUT2D eigenvalue weighted by Gasteiger charge is -2.26. The van der Waals surface area contributed by atoms with Crippen LogP contribution in [-0.2, 0) is 4.79 Å². The van der Waals surface area contributed by atoms with Crippen LogP contribution < -0.4 is 26.6 Å². The molecule has 2 aromatic rings. The lowest BCUT2D eigenvalue weighted by molar-refractivity contribution is -0.132. The van der Waals surface area contributed by atoms with Gasteiger partial charge in [0.05, 0.1) is 5.69 Å². The Balaban J connectivity index is 1.16. The van der Waals surface area contributed by atoms with E-state index in [0.717, 1.165) is 37.1 Å². The van der Waals surface area contributed by atoms with E-state index in [1.165, 1.54) is 12.1 Å². The molecule has 2 fully saturated rings. The molecule has 3 aliphatic rings. The molecule has 39 heavy (non-hydrogen) atoms. The third kappa shape index (κ3) is 6.76. The number of benzene rings is 2. The maximum absolute atomic E-state index is 13.5. The number of rotatable bonds is 11. The van der Waals surface area contributed by atoms with E-state index in [0.29, 0.717) is 43.1 Å². The average Bonchev–Trinajstić information content (AvgIpc) is 3.31. The number of halogens is 1. The molecular weight excluding hydrogens is 497 g/mol. The van der Waals surface area contributed by atoms with E-state index >= 15 is 0 Å². The molecule has 1 unspecified atom stereocenters. The Labute approximate surface area is 229 Å². The van der Waals surface area contributed by atoms with Crippen molar-refractivity contribution in [3.05, 3.63) is 77.9 Å². The van der Waals surface area contributed by atoms with E-state index in [9.17, 15) is 14.0 Å². The lowest BCUT2D eigenvalue weighted by Crippen LogP contribution is -2.48. The van der Waals surface area contributed by atoms with Crippen LogP contribution in [0.3, 0.4) is 0 Å². The minimum absolute atomic E-state index is 0.0163. The summed E-state index contributed by atoms with van der Waals surface area (Å²) < 4.78 is 13.2. The van der Waals surface area contributed by atoms with Gasteiger partial charge in [0, 0.05) is 49.1 Å². The Bertz CT molecular complexity index is 1170. The smallest absolute Gasteiger partial charge is 0.251 e. The fraction of sp³-hybridized carbons (Fsp3) is 0.448. The van der Waals surface area contributed by atoms with Gasteiger partial charge in [-0.15, -0.1) is 5.53 Å². The van der Waals surface area contributed by atoms with Crippen molar-refractivity contribution < 1.29 is 14.0 Å². The molecule has 1 saturated heterocycles. The molecule has 2 amide bonds. The van der Waals surface area contributed by atoms with Crippen molar-refractivity contribution in [2.75, 3.05) is 38.7 Å². The highest BCUT2D eigenvalue weighted by Crippen LogP contribution is 2.40. The number of likely N-dealkylation sites (N-methyl/N-ethyl adjacent to an activating group) is 1. The number of anilines is 1. The molecule has 0 bridgehead atoms. The second-order valence-corrected chi connectivity index (χ2v) is 10.8. The zero-order valence-corrected chi connectivity index (χ0v) is 22.6. The van der Waals surface area contributed by atoms with Crippen molar-refractivity contribution in [2.45, 2.75) is 49.7 Å². The molecule has 0 radical (unpaired) electrons. The van der Waals surface area contributed by atoms with Crippen molar-refractivity contribution in [1.82, 2.24) is 31.4 Å². The predicted octanol–water partition coefficient (Wildman–Crippen LogP) is 2.31. The van der Waals surface area contributed by atoms with E-state index in [1.54, 1.807) is 23.3 Å². The van der Waals surface area contributed by atoms with Crippen LogP contribution in [0.5, 0.6) is 0 Å². The largest absolute Gasteiger partial charge is 0.340 e. The molecule has 1 saturated carbocycles. The average molecular weight is 536 g/mol. The highest BCUT2D eigenvalue weighted by atomic mass is 19.1. The summed E-state index contributed by atoms with van der Waals surface area (Å²) in [5.41, 5.74) is 8.40. The molecule has 0 spiro atoms. The Morgan fingerprint density at radius 2 is 1.90 bits per heavy atom. The number of nitrogens with zero attached hydrogens (tertiary/aromatic N) is 3. The first-order chi connectivity index (χ1) is 18.9. The van der Waals surface area contributed by atoms with Gasteiger partial charge in [0.1, 0.15) is 11.9 Å². The van der Waals surface area contributed by atoms with Crippen LogP contribution in [0.25, 0.3) is 0 Å². The third-order valence-electron chi connectivity index (χ3n) is 7.87. The molecule has 0 aromatic heterocycles. The topological polar surface area (TPSA) is 92.0 Å². The summed E-state index contributed by atoms with van der Waals surface area (Å²) in [5.74, 6) is -0.0823. The first-order valence-electron chi connectivity index (χ1n) is 13.7. The zero-order valence-electron chi connectivity index (χ0n) is 22.6. The van der Waals surface area contributed by atoms with Crippen LogP contribution in [0.4, 0.5) is 10.1 Å². The van der Waals surface area contributed by atoms with Crippen LogP contribution in [0.1, 0.15) is 47.5 Å². The zero-order chi connectivity index (χ0) is 27.4. The third-order valence-corrected chi connectivity index (χ3v) is 7.87. The SMILES string of the molecule is CN(C)C1CCN(C(=O)[C@H](CCCN[C@@H]2C[C@H]2c2ccc(F)cc2)NC(=O)c2ccc(N3C=CNN3)cc2)C1. The highest BCUT2D eigenvalue weighted by Gasteiger charge is 2.38. The Morgan fingerprint density at radius 1 is 1.13 bits per heavy atom. The number of likely N-dealkylation sites (tertiary alicyclic amines) is 1. The van der Waals surface area contributed by atoms with Gasteiger partial charge in [0.2, 0.25) is 5.91 Å². The molecule has 9 nitrogen and oxygen atoms in total. The van der Waals surface area contributed by atoms with E-state index < -0.39 is 6.04 Å². The number of amides is 2. The Hall–Kier alpha value is -3.47. The molecule has 5 rings (SSSR count). The van der Waals surface area contributed by atoms with Crippen molar-refractivity contribution in [3.63, 3.8) is 0 Å². The van der Waals surface area contributed by atoms with Crippen molar-refractivity contribution in [1.29, 1.82) is 0 Å². The number of hydrazine groups is 2. The molecular formula is C29H38FN7O2. The fourth-order valence-electron chi connectivity index (χ4n) is 5.36. The van der Waals surface area contributed by atoms with Gasteiger partial charge >= 0.3 is 0 Å². The normalized spacial score (nSPS) is 22.7. The van der Waals surface area contributed by atoms with Gasteiger partial charge in [0.15, 0.2) is 0 Å². The van der Waals surface area contributed by atoms with E-state index in [2.05, 4.69) is 26.5 Å². The van der Waals surface area contributed by atoms with Crippen LogP contribution in [0.2, 0.25) is 0 Å². The first kappa shape index (κ1) is 27.1. The van der Waals surface area contributed by atoms with Crippen molar-refractivity contribution in [2.24, 2.45) is 0 Å². The van der Waals surface area contributed by atoms with Crippen LogP contribution in [-0.4, -0.2) is 73.5 Å². The van der Waals surface area contributed by atoms with Gasteiger partial charge in [-0.2, -0.15) is 0 Å². The lowest BCUT2D eigenvalue weighted by atomic mass is 10.1. The summed E-state index contributed by atoms with van der Waals surface area (Å²) >= 11 is 0. The van der Waals surface area contributed by atoms with Gasteiger partial charge in [-0.25, -0.2) is 4.39 Å². The van der Waals surface area contributed by atoms with Crippen molar-refractivity contribution >= 4 is 17.5 Å². The number of carbonyl (C=O) groups is 2. The van der Waals surface area contributed by atoms with Gasteiger partial charge < -0.3 is 25.9 Å². The molecule has 4 N–H and O–H groups in total. The minimum atomic E-state index is -0.584. The van der Waals surface area contributed by atoms with Gasteiger partial charge in [-0.1, -0.05) is 12.1 Å². The molecule has 10 heteroatoms. The number of hydrogen-bond donors (Lipinski definition) is 4. The summed E-state index contributed by atoms with van der Waals surface area (Å²) in [6, 6.07) is 14.1. The second-order valence-electron chi connectivity index (χ2n) is 10.8. The highest BCUT2D eigenvalue weighted by molar-refractivity contribution is 5.97. The monoisotopic (exact) mass is 535 g/mol. The Kier molecular flexibility index (Phi) is 8.44. The maximum Gasteiger partial charge on any atom is 0.251 e. The molecule has 2 heterocycles. The Morgan fingerprint density at radius 3 is 2.56 bits per heavy atom. The van der Waals surface area contributed by atoms with Crippen LogP contribution in [0, 0.1) is 5.82 Å². The van der Waals surface area contributed by atoms with Gasteiger partial charge in [-0.05, 0) is 88.3 Å². The van der Waals surface area contributed by atoms with Crippen molar-refractivity contribution in [3.8, 4) is 0 Å². The number of carbonyl (C=O) groups excluding carboxylic acids is 2. The van der Waals surface area contributed by atoms with E-state index in [-0.39, 0.29) is 17.6 Å². The molecule has 208 valence electrons. The summed E-state index contributed by atoms with van der Waals surface area (Å²) in [5, 5.41) is 8.39. The number of nitrogens with one attached hydrogen (secondary N) is 4. The maximum atomic E-state index is 13.5. The quantitative estimate of drug-likeness (QED) is 0.328. The van der Waals surface area contributed by atoms with E-state index in [4.69, 9.17) is 0 Å². The van der Waals surface area contributed by atoms with Crippen LogP contribution >= 0.6 is 0 Å². The standard InChI is InChI=1S/C29H38FN7O2/c1-35(2)24-13-16-36(19-24)29(39)26(4-3-14-31-27-18-25(27)20-5-9-22(30)10-6-20)33-28(38)21-7-11-23(12-8-21)37-17-15-32-34-37/h5-12,15,17,24-27,31-32,34H,3-4,13-14,16,18-19H2,1-2H3,(H,33,38)/t24?,25-,26-,27+/m0/s1. The summed E-state index contributed by atoms with van der Waals surface area (Å²) in [7, 11) is 4.07. The fourth-order valence-corrected chi connectivity index (χ4v) is 5.36. The summed E-state index contributed by atoms with van der Waals surface area (Å²) in [4.78, 5) is 30.7. The van der Waals surface area contributed by atoms with Gasteiger partial charge in [0.25, 0.3) is 5.91 Å². The summed E-state index contributed by atoms with van der Waals surface area (Å²) in [6.07, 6.45) is 6.89. The molecule has 1 aliphatic carbocycles. The molecule has 4 atom stereocenters. The first-order valence-corrected chi connectivity index (χ1v) is 13.7. The minimum Gasteiger partial charge on any atom is -0.340 e. The van der Waals surface area contributed by atoms with E-state index in [1.807, 2.05) is 49.5 Å². The predicted molar refractivity (Wildman–Crippen MR) is 149 cm³/mol.